The molecule has 0 saturated carbocycles. The van der Waals surface area contributed by atoms with Gasteiger partial charge in [0.15, 0.2) is 11.6 Å². The van der Waals surface area contributed by atoms with Crippen LogP contribution in [0.5, 0.6) is 0 Å². The molecule has 30 heavy (non-hydrogen) atoms. The Hall–Kier alpha value is -2.54. The lowest BCUT2D eigenvalue weighted by Gasteiger charge is -2.40. The number of nitrogens with one attached hydrogen (secondary N) is 1. The first-order valence-electron chi connectivity index (χ1n) is 10.4. The number of rotatable bonds is 8. The van der Waals surface area contributed by atoms with Crippen LogP contribution >= 0.6 is 0 Å². The predicted molar refractivity (Wildman–Crippen MR) is 111 cm³/mol. The highest BCUT2D eigenvalue weighted by Gasteiger charge is 2.43. The molecule has 5 nitrogen and oxygen atoms in total. The van der Waals surface area contributed by atoms with E-state index in [-0.39, 0.29) is 30.3 Å². The van der Waals surface area contributed by atoms with Gasteiger partial charge in [-0.05, 0) is 43.4 Å². The predicted octanol–water partition coefficient (Wildman–Crippen LogP) is 3.17. The van der Waals surface area contributed by atoms with Crippen LogP contribution in [0.1, 0.15) is 37.7 Å². The summed E-state index contributed by atoms with van der Waals surface area (Å²) < 4.78 is 26.8. The number of carbonyl (C=O) groups excluding carboxylic acids is 2. The van der Waals surface area contributed by atoms with Crippen LogP contribution in [0, 0.1) is 11.6 Å². The van der Waals surface area contributed by atoms with Crippen molar-refractivity contribution in [3.05, 3.63) is 60.7 Å². The Morgan fingerprint density at radius 3 is 2.60 bits per heavy atom. The minimum atomic E-state index is -0.919. The third kappa shape index (κ3) is 4.61. The Kier molecular flexibility index (Phi) is 7.02. The normalized spacial score (nSPS) is 21.3. The Balaban J connectivity index is 1.76. The van der Waals surface area contributed by atoms with Crippen molar-refractivity contribution in [1.82, 2.24) is 15.1 Å². The summed E-state index contributed by atoms with van der Waals surface area (Å²) in [5, 5.41) is 2.82. The lowest BCUT2D eigenvalue weighted by Crippen LogP contribution is -2.57. The highest BCUT2D eigenvalue weighted by Crippen LogP contribution is 2.37. The molecule has 2 saturated heterocycles. The van der Waals surface area contributed by atoms with Crippen molar-refractivity contribution >= 4 is 11.8 Å². The monoisotopic (exact) mass is 417 g/mol. The molecule has 2 aliphatic rings. The summed E-state index contributed by atoms with van der Waals surface area (Å²) in [6.07, 6.45) is 6.86. The first-order valence-corrected chi connectivity index (χ1v) is 10.4. The van der Waals surface area contributed by atoms with Gasteiger partial charge in [-0.25, -0.2) is 8.78 Å². The van der Waals surface area contributed by atoms with E-state index >= 15 is 0 Å². The number of hydrogen-bond donors (Lipinski definition) is 1. The van der Waals surface area contributed by atoms with Gasteiger partial charge < -0.3 is 10.2 Å². The van der Waals surface area contributed by atoms with E-state index in [1.807, 2.05) is 22.0 Å². The quantitative estimate of drug-likeness (QED) is 0.661. The lowest BCUT2D eigenvalue weighted by atomic mass is 9.87. The molecule has 1 aromatic rings. The van der Waals surface area contributed by atoms with Crippen molar-refractivity contribution in [1.29, 1.82) is 0 Å². The molecular formula is C23H29F2N3O2. The maximum Gasteiger partial charge on any atom is 0.237 e. The largest absolute Gasteiger partial charge is 0.353 e. The first kappa shape index (κ1) is 22.2. The van der Waals surface area contributed by atoms with Gasteiger partial charge in [0, 0.05) is 31.7 Å². The topological polar surface area (TPSA) is 52.7 Å². The van der Waals surface area contributed by atoms with Crippen LogP contribution in [-0.2, 0) is 16.1 Å². The summed E-state index contributed by atoms with van der Waals surface area (Å²) in [7, 11) is 0. The van der Waals surface area contributed by atoms with E-state index in [0.717, 1.165) is 25.0 Å². The Morgan fingerprint density at radius 1 is 1.20 bits per heavy atom. The van der Waals surface area contributed by atoms with Crippen LogP contribution in [0.2, 0.25) is 0 Å². The molecule has 2 heterocycles. The number of carbonyl (C=O) groups is 2. The number of piperazine rings is 1. The van der Waals surface area contributed by atoms with Crippen LogP contribution < -0.4 is 5.32 Å². The number of likely N-dealkylation sites (tertiary alicyclic amines) is 1. The zero-order chi connectivity index (χ0) is 21.7. The zero-order valence-electron chi connectivity index (χ0n) is 17.2. The molecule has 1 aromatic carbocycles. The van der Waals surface area contributed by atoms with Crippen LogP contribution in [0.25, 0.3) is 0 Å². The molecule has 0 aliphatic carbocycles. The SMILES string of the molecule is C=CCC1(CC=C)CCCN1C(=O)C[C@@H]1C(=O)NCCN1Cc1ccc(F)c(F)c1. The Bertz CT molecular complexity index is 817. The van der Waals surface area contributed by atoms with E-state index < -0.39 is 17.7 Å². The van der Waals surface area contributed by atoms with E-state index in [1.165, 1.54) is 6.07 Å². The van der Waals surface area contributed by atoms with Gasteiger partial charge in [-0.1, -0.05) is 18.2 Å². The van der Waals surface area contributed by atoms with Gasteiger partial charge in [-0.2, -0.15) is 0 Å². The zero-order valence-corrected chi connectivity index (χ0v) is 17.2. The fraction of sp³-hybridized carbons (Fsp3) is 0.478. The van der Waals surface area contributed by atoms with Crippen LogP contribution in [0.3, 0.4) is 0 Å². The smallest absolute Gasteiger partial charge is 0.237 e. The Labute approximate surface area is 176 Å². The molecule has 7 heteroatoms. The molecular weight excluding hydrogens is 388 g/mol. The van der Waals surface area contributed by atoms with Crippen molar-refractivity contribution in [3.63, 3.8) is 0 Å². The van der Waals surface area contributed by atoms with Gasteiger partial charge in [0.05, 0.1) is 12.5 Å². The molecule has 1 N–H and O–H groups in total. The highest BCUT2D eigenvalue weighted by molar-refractivity contribution is 5.89. The average molecular weight is 418 g/mol. The lowest BCUT2D eigenvalue weighted by molar-refractivity contribution is -0.141. The maximum atomic E-state index is 13.6. The van der Waals surface area contributed by atoms with E-state index in [2.05, 4.69) is 18.5 Å². The van der Waals surface area contributed by atoms with Gasteiger partial charge >= 0.3 is 0 Å². The molecule has 0 radical (unpaired) electrons. The van der Waals surface area contributed by atoms with Gasteiger partial charge in [0.2, 0.25) is 11.8 Å². The summed E-state index contributed by atoms with van der Waals surface area (Å²) in [5.74, 6) is -2.11. The second kappa shape index (κ2) is 9.51. The maximum absolute atomic E-state index is 13.6. The molecule has 1 atom stereocenters. The second-order valence-corrected chi connectivity index (χ2v) is 8.09. The van der Waals surface area contributed by atoms with Gasteiger partial charge in [0.1, 0.15) is 0 Å². The van der Waals surface area contributed by atoms with E-state index in [0.29, 0.717) is 38.0 Å². The molecule has 0 bridgehead atoms. The van der Waals surface area contributed by atoms with Crippen LogP contribution in [0.4, 0.5) is 8.78 Å². The van der Waals surface area contributed by atoms with Crippen molar-refractivity contribution in [2.24, 2.45) is 0 Å². The number of amides is 2. The second-order valence-electron chi connectivity index (χ2n) is 8.09. The van der Waals surface area contributed by atoms with Gasteiger partial charge in [-0.3, -0.25) is 14.5 Å². The van der Waals surface area contributed by atoms with Gasteiger partial charge in [0.25, 0.3) is 0 Å². The number of halogens is 2. The van der Waals surface area contributed by atoms with Crippen molar-refractivity contribution < 1.29 is 18.4 Å². The van der Waals surface area contributed by atoms with Crippen LogP contribution in [0.15, 0.2) is 43.5 Å². The standard InChI is InChI=1S/C23H29F2N3O2/c1-3-8-23(9-4-2)10-5-12-28(23)21(29)15-20-22(30)26-11-13-27(20)16-17-6-7-18(24)19(25)14-17/h3-4,6-7,14,20H,1-2,5,8-13,15-16H2,(H,26,30)/t20-/m1/s1. The summed E-state index contributed by atoms with van der Waals surface area (Å²) in [6.45, 7) is 9.60. The number of hydrogen-bond acceptors (Lipinski definition) is 3. The van der Waals surface area contributed by atoms with Crippen molar-refractivity contribution in [3.8, 4) is 0 Å². The third-order valence-corrected chi connectivity index (χ3v) is 6.13. The third-order valence-electron chi connectivity index (χ3n) is 6.13. The first-order chi connectivity index (χ1) is 14.4. The summed E-state index contributed by atoms with van der Waals surface area (Å²) >= 11 is 0. The summed E-state index contributed by atoms with van der Waals surface area (Å²) in [6, 6.07) is 3.08. The minimum absolute atomic E-state index is 0.0472. The van der Waals surface area contributed by atoms with Crippen LogP contribution in [-0.4, -0.2) is 52.8 Å². The summed E-state index contributed by atoms with van der Waals surface area (Å²) in [4.78, 5) is 29.6. The molecule has 2 amide bonds. The van der Waals surface area contributed by atoms with E-state index in [1.54, 1.807) is 0 Å². The van der Waals surface area contributed by atoms with Gasteiger partial charge in [-0.15, -0.1) is 13.2 Å². The molecule has 3 rings (SSSR count). The fourth-order valence-electron chi connectivity index (χ4n) is 4.69. The number of benzene rings is 1. The molecule has 0 aromatic heterocycles. The van der Waals surface area contributed by atoms with Crippen molar-refractivity contribution in [2.45, 2.75) is 50.2 Å². The average Bonchev–Trinajstić information content (AvgIpc) is 3.11. The van der Waals surface area contributed by atoms with Crippen molar-refractivity contribution in [2.75, 3.05) is 19.6 Å². The van der Waals surface area contributed by atoms with E-state index in [4.69, 9.17) is 0 Å². The Morgan fingerprint density at radius 2 is 1.93 bits per heavy atom. The highest BCUT2D eigenvalue weighted by atomic mass is 19.2. The fourth-order valence-corrected chi connectivity index (χ4v) is 4.69. The molecule has 2 aliphatic heterocycles. The number of nitrogens with zero attached hydrogens (tertiary/aromatic N) is 2. The molecule has 162 valence electrons. The summed E-state index contributed by atoms with van der Waals surface area (Å²) in [5.41, 5.74) is 0.242. The molecule has 0 spiro atoms. The minimum Gasteiger partial charge on any atom is -0.353 e. The van der Waals surface area contributed by atoms with E-state index in [9.17, 15) is 18.4 Å². The molecule has 0 unspecified atom stereocenters. The molecule has 2 fully saturated rings.